The van der Waals surface area contributed by atoms with Crippen LogP contribution in [-0.2, 0) is 21.9 Å². The smallest absolute Gasteiger partial charge is 0.229 e. The van der Waals surface area contributed by atoms with E-state index in [1.807, 2.05) is 18.2 Å². The number of piperidine rings is 1. The largest absolute Gasteiger partial charge is 0.303 e. The summed E-state index contributed by atoms with van der Waals surface area (Å²) in [5.41, 5.74) is 5.26. The Hall–Kier alpha value is -1.85. The molecule has 1 aliphatic heterocycles. The third-order valence-electron chi connectivity index (χ3n) is 7.67. The Labute approximate surface area is 174 Å². The molecule has 5 rings (SSSR count). The van der Waals surface area contributed by atoms with Crippen molar-refractivity contribution >= 4 is 15.7 Å². The third kappa shape index (κ3) is 3.49. The molecule has 3 aliphatic rings. The maximum atomic E-state index is 11.6. The number of hydrogen-bond donors (Lipinski definition) is 1. The molecule has 3 unspecified atom stereocenters. The molecule has 154 valence electrons. The van der Waals surface area contributed by atoms with Gasteiger partial charge in [0.15, 0.2) is 0 Å². The summed E-state index contributed by atoms with van der Waals surface area (Å²) < 4.78 is 25.7. The Kier molecular flexibility index (Phi) is 4.52. The van der Waals surface area contributed by atoms with Crippen molar-refractivity contribution in [3.05, 3.63) is 65.2 Å². The van der Waals surface area contributed by atoms with Crippen molar-refractivity contribution in [2.24, 2.45) is 11.8 Å². The lowest BCUT2D eigenvalue weighted by Crippen LogP contribution is -2.30. The predicted molar refractivity (Wildman–Crippen MR) is 118 cm³/mol. The highest BCUT2D eigenvalue weighted by Crippen LogP contribution is 2.63. The molecule has 0 bridgehead atoms. The fourth-order valence-electron chi connectivity index (χ4n) is 5.99. The fraction of sp³-hybridized carbons (Fsp3) is 0.500. The van der Waals surface area contributed by atoms with Crippen LogP contribution in [0.25, 0.3) is 0 Å². The summed E-state index contributed by atoms with van der Waals surface area (Å²) in [5.74, 6) is 2.10. The van der Waals surface area contributed by atoms with E-state index in [2.05, 4.69) is 46.9 Å². The van der Waals surface area contributed by atoms with Gasteiger partial charge in [0.1, 0.15) is 0 Å². The van der Waals surface area contributed by atoms with Gasteiger partial charge in [-0.2, -0.15) is 0 Å². The van der Waals surface area contributed by atoms with Crippen molar-refractivity contribution in [1.82, 2.24) is 4.90 Å². The first-order valence-corrected chi connectivity index (χ1v) is 12.6. The lowest BCUT2D eigenvalue weighted by Gasteiger charge is -2.26. The number of sulfonamides is 1. The summed E-state index contributed by atoms with van der Waals surface area (Å²) in [7, 11) is -3.24. The van der Waals surface area contributed by atoms with Crippen molar-refractivity contribution in [2.75, 3.05) is 30.6 Å². The molecule has 0 radical (unpaired) electrons. The summed E-state index contributed by atoms with van der Waals surface area (Å²) in [5, 5.41) is 0. The maximum Gasteiger partial charge on any atom is 0.229 e. The van der Waals surface area contributed by atoms with E-state index in [0.717, 1.165) is 5.92 Å². The highest BCUT2D eigenvalue weighted by molar-refractivity contribution is 7.92. The van der Waals surface area contributed by atoms with Crippen LogP contribution in [0.2, 0.25) is 0 Å². The highest BCUT2D eigenvalue weighted by Gasteiger charge is 2.65. The van der Waals surface area contributed by atoms with E-state index >= 15 is 0 Å². The topological polar surface area (TPSA) is 49.4 Å². The van der Waals surface area contributed by atoms with Crippen LogP contribution in [0, 0.1) is 11.8 Å². The molecule has 2 aromatic carbocycles. The summed E-state index contributed by atoms with van der Waals surface area (Å²) >= 11 is 0. The number of fused-ring (bicyclic) bond motifs is 2. The molecule has 1 N–H and O–H groups in total. The van der Waals surface area contributed by atoms with Gasteiger partial charge in [-0.25, -0.2) is 8.42 Å². The van der Waals surface area contributed by atoms with Crippen molar-refractivity contribution < 1.29 is 8.42 Å². The maximum absolute atomic E-state index is 11.6. The van der Waals surface area contributed by atoms with Gasteiger partial charge >= 0.3 is 0 Å². The number of nitrogens with zero attached hydrogens (tertiary/aromatic N) is 1. The van der Waals surface area contributed by atoms with E-state index in [9.17, 15) is 8.42 Å². The van der Waals surface area contributed by atoms with Gasteiger partial charge in [-0.05, 0) is 72.4 Å². The second kappa shape index (κ2) is 6.85. The summed E-state index contributed by atoms with van der Waals surface area (Å²) in [6, 6.07) is 16.9. The standard InChI is InChI=1S/C24H30N2O2S/c1-24(19-7-5-8-20(14-19)25-29(2,27)28)22-15-26(16-23(22)24)13-12-18-11-10-17-6-3-4-9-21(17)18/h3-9,14,18,22-23,25H,10-13,15-16H2,1-2H3. The van der Waals surface area contributed by atoms with Gasteiger partial charge < -0.3 is 4.90 Å². The number of rotatable bonds is 6. The Morgan fingerprint density at radius 2 is 1.86 bits per heavy atom. The minimum absolute atomic E-state index is 0.186. The first-order valence-electron chi connectivity index (χ1n) is 10.7. The van der Waals surface area contributed by atoms with Gasteiger partial charge in [0, 0.05) is 24.2 Å². The normalized spacial score (nSPS) is 30.8. The average molecular weight is 411 g/mol. The molecular formula is C24H30N2O2S. The lowest BCUT2D eigenvalue weighted by atomic mass is 9.91. The van der Waals surface area contributed by atoms with Crippen LogP contribution in [0.1, 0.15) is 42.4 Å². The summed E-state index contributed by atoms with van der Waals surface area (Å²) in [6.07, 6.45) is 5.01. The van der Waals surface area contributed by atoms with Crippen LogP contribution in [0.15, 0.2) is 48.5 Å². The number of aryl methyl sites for hydroxylation is 1. The molecular weight excluding hydrogens is 380 g/mol. The van der Waals surface area contributed by atoms with Crippen LogP contribution in [0.3, 0.4) is 0 Å². The SMILES string of the molecule is CC1(c2cccc(NS(C)(=O)=O)c2)C2CN(CCC3CCc4ccccc43)CC21. The van der Waals surface area contributed by atoms with Crippen LogP contribution in [0.4, 0.5) is 5.69 Å². The molecule has 0 spiro atoms. The van der Waals surface area contributed by atoms with Gasteiger partial charge in [0.2, 0.25) is 10.0 Å². The molecule has 2 aliphatic carbocycles. The molecule has 0 aromatic heterocycles. The molecule has 1 saturated heterocycles. The summed E-state index contributed by atoms with van der Waals surface area (Å²) in [4.78, 5) is 2.65. The molecule has 4 nitrogen and oxygen atoms in total. The quantitative estimate of drug-likeness (QED) is 0.783. The number of hydrogen-bond acceptors (Lipinski definition) is 3. The predicted octanol–water partition coefficient (Wildman–Crippen LogP) is 4.00. The van der Waals surface area contributed by atoms with Crippen LogP contribution < -0.4 is 4.72 Å². The zero-order valence-electron chi connectivity index (χ0n) is 17.3. The van der Waals surface area contributed by atoms with Crippen molar-refractivity contribution in [1.29, 1.82) is 0 Å². The molecule has 2 aromatic rings. The number of nitrogens with one attached hydrogen (secondary N) is 1. The van der Waals surface area contributed by atoms with Gasteiger partial charge in [-0.1, -0.05) is 43.3 Å². The average Bonchev–Trinajstić information content (AvgIpc) is 3.06. The number of likely N-dealkylation sites (tertiary alicyclic amines) is 1. The Bertz CT molecular complexity index is 1020. The molecule has 2 fully saturated rings. The number of benzene rings is 2. The lowest BCUT2D eigenvalue weighted by molar-refractivity contribution is 0.266. The van der Waals surface area contributed by atoms with Gasteiger partial charge in [0.25, 0.3) is 0 Å². The minimum atomic E-state index is -3.24. The second-order valence-electron chi connectivity index (χ2n) is 9.43. The van der Waals surface area contributed by atoms with E-state index in [-0.39, 0.29) is 5.41 Å². The zero-order valence-corrected chi connectivity index (χ0v) is 18.1. The Morgan fingerprint density at radius 3 is 2.62 bits per heavy atom. The van der Waals surface area contributed by atoms with Crippen LogP contribution in [0.5, 0.6) is 0 Å². The summed E-state index contributed by atoms with van der Waals surface area (Å²) in [6.45, 7) is 5.88. The number of anilines is 1. The van der Waals surface area contributed by atoms with Gasteiger partial charge in [-0.15, -0.1) is 0 Å². The molecule has 1 heterocycles. The van der Waals surface area contributed by atoms with Crippen molar-refractivity contribution in [3.8, 4) is 0 Å². The van der Waals surface area contributed by atoms with Crippen molar-refractivity contribution in [3.63, 3.8) is 0 Å². The first kappa shape index (κ1) is 19.1. The van der Waals surface area contributed by atoms with Gasteiger partial charge in [0.05, 0.1) is 6.26 Å². The van der Waals surface area contributed by atoms with Crippen molar-refractivity contribution in [2.45, 2.75) is 37.5 Å². The second-order valence-corrected chi connectivity index (χ2v) is 11.2. The monoisotopic (exact) mass is 410 g/mol. The zero-order chi connectivity index (χ0) is 20.2. The molecule has 0 amide bonds. The van der Waals surface area contributed by atoms with E-state index in [1.54, 1.807) is 11.1 Å². The van der Waals surface area contributed by atoms with E-state index in [0.29, 0.717) is 17.5 Å². The molecule has 5 heteroatoms. The minimum Gasteiger partial charge on any atom is -0.303 e. The van der Waals surface area contributed by atoms with Crippen LogP contribution >= 0.6 is 0 Å². The molecule has 29 heavy (non-hydrogen) atoms. The Balaban J connectivity index is 1.20. The van der Waals surface area contributed by atoms with Gasteiger partial charge in [-0.3, -0.25) is 4.72 Å². The third-order valence-corrected chi connectivity index (χ3v) is 8.27. The fourth-order valence-corrected chi connectivity index (χ4v) is 6.54. The molecule has 1 saturated carbocycles. The Morgan fingerprint density at radius 1 is 1.10 bits per heavy atom. The highest BCUT2D eigenvalue weighted by atomic mass is 32.2. The first-order chi connectivity index (χ1) is 13.8. The van der Waals surface area contributed by atoms with Crippen LogP contribution in [-0.4, -0.2) is 39.2 Å². The van der Waals surface area contributed by atoms with E-state index in [1.165, 1.54) is 50.7 Å². The van der Waals surface area contributed by atoms with E-state index < -0.39 is 10.0 Å². The molecule has 3 atom stereocenters. The van der Waals surface area contributed by atoms with E-state index in [4.69, 9.17) is 0 Å².